The average Bonchev–Trinajstić information content (AvgIpc) is 3.16. The van der Waals surface area contributed by atoms with Gasteiger partial charge in [-0.15, -0.1) is 11.3 Å². The van der Waals surface area contributed by atoms with Crippen LogP contribution in [-0.2, 0) is 4.79 Å². The van der Waals surface area contributed by atoms with E-state index in [1.54, 1.807) is 29.2 Å². The Morgan fingerprint density at radius 3 is 2.80 bits per heavy atom. The Bertz CT molecular complexity index is 835. The van der Waals surface area contributed by atoms with Gasteiger partial charge in [-0.25, -0.2) is 4.99 Å². The van der Waals surface area contributed by atoms with Crippen LogP contribution in [-0.4, -0.2) is 27.3 Å². The third kappa shape index (κ3) is 4.05. The van der Waals surface area contributed by atoms with Gasteiger partial charge in [-0.2, -0.15) is 0 Å². The van der Waals surface area contributed by atoms with Crippen LogP contribution in [0.3, 0.4) is 0 Å². The average molecular weight is 371 g/mol. The van der Waals surface area contributed by atoms with E-state index in [1.165, 1.54) is 5.56 Å². The van der Waals surface area contributed by atoms with Gasteiger partial charge in [0.05, 0.1) is 11.2 Å². The molecule has 1 aliphatic rings. The molecule has 1 fully saturated rings. The topological polar surface area (TPSA) is 32.7 Å². The van der Waals surface area contributed by atoms with Crippen LogP contribution in [0.25, 0.3) is 6.08 Å². The van der Waals surface area contributed by atoms with E-state index in [1.807, 2.05) is 35.4 Å². The summed E-state index contributed by atoms with van der Waals surface area (Å²) in [6.45, 7) is 8.28. The fraction of sp³-hybridized carbons (Fsp3) is 0.300. The van der Waals surface area contributed by atoms with E-state index < -0.39 is 0 Å². The van der Waals surface area contributed by atoms with Crippen LogP contribution >= 0.6 is 23.1 Å². The second-order valence-corrected chi connectivity index (χ2v) is 8.73. The highest BCUT2D eigenvalue weighted by Gasteiger charge is 2.40. The summed E-state index contributed by atoms with van der Waals surface area (Å²) in [5.74, 6) is 0.822. The van der Waals surface area contributed by atoms with E-state index in [2.05, 4.69) is 39.0 Å². The van der Waals surface area contributed by atoms with Crippen LogP contribution in [0.5, 0.6) is 0 Å². The third-order valence-electron chi connectivity index (χ3n) is 4.09. The minimum Gasteiger partial charge on any atom is -0.281 e. The molecular weight excluding hydrogens is 348 g/mol. The first-order valence-electron chi connectivity index (χ1n) is 8.21. The fourth-order valence-corrected chi connectivity index (χ4v) is 4.52. The number of hydrogen-bond donors (Lipinski definition) is 0. The van der Waals surface area contributed by atoms with Crippen LogP contribution in [0.1, 0.15) is 29.9 Å². The summed E-state index contributed by atoms with van der Waals surface area (Å²) in [6.07, 6.45) is 3.53. The van der Waals surface area contributed by atoms with Gasteiger partial charge in [0.25, 0.3) is 5.91 Å². The highest BCUT2D eigenvalue weighted by Crippen LogP contribution is 2.35. The van der Waals surface area contributed by atoms with Gasteiger partial charge in [-0.1, -0.05) is 30.0 Å². The van der Waals surface area contributed by atoms with Gasteiger partial charge in [0.1, 0.15) is 0 Å². The first-order valence-corrected chi connectivity index (χ1v) is 10.1. The summed E-state index contributed by atoms with van der Waals surface area (Å²) in [5.41, 5.74) is 2.96. The minimum absolute atomic E-state index is 0.0209. The number of amidine groups is 1. The van der Waals surface area contributed by atoms with E-state index in [4.69, 9.17) is 4.99 Å². The Kier molecular flexibility index (Phi) is 5.16. The van der Waals surface area contributed by atoms with E-state index in [-0.39, 0.29) is 11.4 Å². The lowest BCUT2D eigenvalue weighted by atomic mass is 10.1. The molecule has 1 aromatic heterocycles. The fourth-order valence-electron chi connectivity index (χ4n) is 2.66. The number of hydrogen-bond acceptors (Lipinski definition) is 4. The molecule has 130 valence electrons. The maximum atomic E-state index is 12.9. The predicted octanol–water partition coefficient (Wildman–Crippen LogP) is 5.42. The molecule has 0 N–H and O–H groups in total. The lowest BCUT2D eigenvalue weighted by Crippen LogP contribution is -2.45. The lowest BCUT2D eigenvalue weighted by molar-refractivity contribution is -0.124. The summed E-state index contributed by atoms with van der Waals surface area (Å²) in [6, 6.07) is 10.2. The van der Waals surface area contributed by atoms with E-state index >= 15 is 0 Å². The zero-order valence-corrected chi connectivity index (χ0v) is 16.6. The molecule has 0 aliphatic carbocycles. The third-order valence-corrected chi connectivity index (χ3v) is 6.31. The molecule has 0 spiro atoms. The number of nitrogens with zero attached hydrogens (tertiary/aromatic N) is 2. The number of carbonyl (C=O) groups is 1. The second-order valence-electron chi connectivity index (χ2n) is 6.81. The molecule has 3 rings (SSSR count). The largest absolute Gasteiger partial charge is 0.281 e. The van der Waals surface area contributed by atoms with Gasteiger partial charge >= 0.3 is 0 Å². The molecule has 1 aliphatic heterocycles. The molecule has 3 nitrogen and oxygen atoms in total. The summed E-state index contributed by atoms with van der Waals surface area (Å²) >= 11 is 3.26. The van der Waals surface area contributed by atoms with Crippen molar-refractivity contribution in [3.8, 4) is 0 Å². The number of rotatable bonds is 3. The van der Waals surface area contributed by atoms with Gasteiger partial charge in [-0.3, -0.25) is 9.69 Å². The molecule has 0 atom stereocenters. The second kappa shape index (κ2) is 7.18. The van der Waals surface area contributed by atoms with Gasteiger partial charge in [0.2, 0.25) is 0 Å². The minimum atomic E-state index is -0.252. The highest BCUT2D eigenvalue weighted by molar-refractivity contribution is 8.14. The normalized spacial score (nSPS) is 18.4. The zero-order chi connectivity index (χ0) is 18.0. The quantitative estimate of drug-likeness (QED) is 0.676. The van der Waals surface area contributed by atoms with Crippen molar-refractivity contribution in [2.45, 2.75) is 33.2 Å². The summed E-state index contributed by atoms with van der Waals surface area (Å²) in [5, 5.41) is 2.78. The molecule has 2 heterocycles. The van der Waals surface area contributed by atoms with Gasteiger partial charge in [0.15, 0.2) is 5.17 Å². The van der Waals surface area contributed by atoms with Crippen LogP contribution < -0.4 is 0 Å². The summed E-state index contributed by atoms with van der Waals surface area (Å²) in [7, 11) is 0. The van der Waals surface area contributed by atoms with Crippen molar-refractivity contribution in [3.63, 3.8) is 0 Å². The van der Waals surface area contributed by atoms with Crippen molar-refractivity contribution in [2.24, 2.45) is 4.99 Å². The Hall–Kier alpha value is -1.85. The number of aryl methyl sites for hydroxylation is 2. The molecule has 1 aromatic carbocycles. The SMILES string of the molecule is Cc1ccc(C)c(N=C2SCC(C)(C)N2C(=O)C=Cc2cccs2)c1. The van der Waals surface area contributed by atoms with Crippen LogP contribution in [0.2, 0.25) is 0 Å². The molecule has 0 unspecified atom stereocenters. The van der Waals surface area contributed by atoms with Gasteiger partial charge in [-0.05, 0) is 62.4 Å². The lowest BCUT2D eigenvalue weighted by Gasteiger charge is -2.29. The molecule has 0 bridgehead atoms. The van der Waals surface area contributed by atoms with Gasteiger partial charge in [0, 0.05) is 16.7 Å². The summed E-state index contributed by atoms with van der Waals surface area (Å²) < 4.78 is 0. The number of amides is 1. The number of thioether (sulfide) groups is 1. The van der Waals surface area contributed by atoms with Crippen molar-refractivity contribution in [1.29, 1.82) is 0 Å². The summed E-state index contributed by atoms with van der Waals surface area (Å²) in [4.78, 5) is 20.6. The van der Waals surface area contributed by atoms with Crippen molar-refractivity contribution >= 4 is 45.9 Å². The Labute approximate surface area is 157 Å². The molecule has 0 saturated carbocycles. The molecule has 1 amide bonds. The van der Waals surface area contributed by atoms with Crippen molar-refractivity contribution in [2.75, 3.05) is 5.75 Å². The van der Waals surface area contributed by atoms with Crippen molar-refractivity contribution in [3.05, 3.63) is 57.8 Å². The number of aliphatic imine (C=N–C) groups is 1. The zero-order valence-electron chi connectivity index (χ0n) is 14.9. The Morgan fingerprint density at radius 1 is 1.28 bits per heavy atom. The van der Waals surface area contributed by atoms with E-state index in [0.717, 1.165) is 27.0 Å². The smallest absolute Gasteiger partial charge is 0.253 e. The van der Waals surface area contributed by atoms with Crippen LogP contribution in [0.4, 0.5) is 5.69 Å². The molecule has 2 aromatic rings. The molecule has 0 radical (unpaired) electrons. The van der Waals surface area contributed by atoms with Crippen LogP contribution in [0.15, 0.2) is 46.8 Å². The maximum absolute atomic E-state index is 12.9. The number of benzene rings is 1. The Morgan fingerprint density at radius 2 is 2.08 bits per heavy atom. The van der Waals surface area contributed by atoms with E-state index in [9.17, 15) is 4.79 Å². The van der Waals surface area contributed by atoms with Crippen molar-refractivity contribution < 1.29 is 4.79 Å². The van der Waals surface area contributed by atoms with E-state index in [0.29, 0.717) is 0 Å². The molecule has 1 saturated heterocycles. The molecular formula is C20H22N2OS2. The molecule has 5 heteroatoms. The van der Waals surface area contributed by atoms with Gasteiger partial charge < -0.3 is 0 Å². The van der Waals surface area contributed by atoms with Crippen molar-refractivity contribution in [1.82, 2.24) is 4.90 Å². The monoisotopic (exact) mass is 370 g/mol. The highest BCUT2D eigenvalue weighted by atomic mass is 32.2. The first kappa shape index (κ1) is 18.0. The molecule has 25 heavy (non-hydrogen) atoms. The predicted molar refractivity (Wildman–Crippen MR) is 110 cm³/mol. The Balaban J connectivity index is 1.92. The standard InChI is InChI=1S/C20H22N2OS2/c1-14-7-8-15(2)17(12-14)21-19-22(20(3,4)13-25-19)18(23)10-9-16-6-5-11-24-16/h5-12H,13H2,1-4H3. The maximum Gasteiger partial charge on any atom is 0.253 e. The first-order chi connectivity index (χ1) is 11.9. The number of carbonyl (C=O) groups excluding carboxylic acids is 1. The van der Waals surface area contributed by atoms with Crippen LogP contribution in [0, 0.1) is 13.8 Å². The number of thiophene rings is 1.